The van der Waals surface area contributed by atoms with Crippen molar-refractivity contribution in [3.05, 3.63) is 0 Å². The molecule has 0 saturated carbocycles. The molecule has 0 aliphatic heterocycles. The fourth-order valence-electron chi connectivity index (χ4n) is 0.564. The zero-order valence-corrected chi connectivity index (χ0v) is 6.64. The first-order valence-electron chi connectivity index (χ1n) is 3.58. The van der Waals surface area contributed by atoms with Crippen LogP contribution in [0.15, 0.2) is 0 Å². The first kappa shape index (κ1) is 9.43. The van der Waals surface area contributed by atoms with Crippen molar-refractivity contribution < 1.29 is 9.53 Å². The monoisotopic (exact) mass is 145 g/mol. The average molecular weight is 145 g/mol. The van der Waals surface area contributed by atoms with Crippen molar-refractivity contribution in [2.24, 2.45) is 0 Å². The molecule has 0 fully saturated rings. The molecule has 0 aliphatic rings. The van der Waals surface area contributed by atoms with E-state index in [2.05, 4.69) is 17.0 Å². The molecular weight excluding hydrogens is 130 g/mol. The van der Waals surface area contributed by atoms with Gasteiger partial charge in [0.25, 0.3) is 0 Å². The van der Waals surface area contributed by atoms with Crippen molar-refractivity contribution >= 4 is 5.97 Å². The van der Waals surface area contributed by atoms with Crippen LogP contribution in [0, 0.1) is 0 Å². The Morgan fingerprint density at radius 1 is 1.60 bits per heavy atom. The van der Waals surface area contributed by atoms with E-state index < -0.39 is 0 Å². The standard InChI is InChI=1S/C7H15NO2/c1-3-4-5-8-6-7(9)10-2/h8H,3-6H2,1-2H3. The molecule has 1 N–H and O–H groups in total. The number of ether oxygens (including phenoxy) is 1. The second-order valence-corrected chi connectivity index (χ2v) is 2.11. The molecule has 0 heterocycles. The van der Waals surface area contributed by atoms with Crippen molar-refractivity contribution in [2.45, 2.75) is 19.8 Å². The predicted octanol–water partition coefficient (Wildman–Crippen LogP) is 0.549. The molecular formula is C7H15NO2. The highest BCUT2D eigenvalue weighted by molar-refractivity contribution is 5.71. The lowest BCUT2D eigenvalue weighted by atomic mass is 10.3. The maximum absolute atomic E-state index is 10.5. The molecule has 0 amide bonds. The van der Waals surface area contributed by atoms with Crippen LogP contribution in [0.5, 0.6) is 0 Å². The lowest BCUT2D eigenvalue weighted by Crippen LogP contribution is -2.24. The Hall–Kier alpha value is -0.570. The summed E-state index contributed by atoms with van der Waals surface area (Å²) in [6.07, 6.45) is 2.26. The van der Waals surface area contributed by atoms with Gasteiger partial charge < -0.3 is 10.1 Å². The lowest BCUT2D eigenvalue weighted by Gasteiger charge is -2.00. The van der Waals surface area contributed by atoms with E-state index in [-0.39, 0.29) is 5.97 Å². The number of rotatable bonds is 5. The number of esters is 1. The summed E-state index contributed by atoms with van der Waals surface area (Å²) >= 11 is 0. The molecule has 0 radical (unpaired) electrons. The van der Waals surface area contributed by atoms with E-state index in [1.165, 1.54) is 7.11 Å². The number of methoxy groups -OCH3 is 1. The Balaban J connectivity index is 2.96. The Morgan fingerprint density at radius 3 is 2.80 bits per heavy atom. The summed E-state index contributed by atoms with van der Waals surface area (Å²) in [4.78, 5) is 10.5. The summed E-state index contributed by atoms with van der Waals surface area (Å²) in [5.74, 6) is -0.198. The Bertz CT molecular complexity index is 93.6. The third kappa shape index (κ3) is 5.56. The molecule has 0 unspecified atom stereocenters. The van der Waals surface area contributed by atoms with Crippen molar-refractivity contribution in [2.75, 3.05) is 20.2 Å². The van der Waals surface area contributed by atoms with E-state index >= 15 is 0 Å². The second-order valence-electron chi connectivity index (χ2n) is 2.11. The largest absolute Gasteiger partial charge is 0.468 e. The number of carbonyl (C=O) groups excluding carboxylic acids is 1. The molecule has 0 bridgehead atoms. The highest BCUT2D eigenvalue weighted by atomic mass is 16.5. The zero-order valence-electron chi connectivity index (χ0n) is 6.64. The van der Waals surface area contributed by atoms with Crippen LogP contribution < -0.4 is 5.32 Å². The summed E-state index contributed by atoms with van der Waals surface area (Å²) < 4.78 is 4.43. The number of carbonyl (C=O) groups is 1. The molecule has 0 spiro atoms. The van der Waals surface area contributed by atoms with E-state index in [1.54, 1.807) is 0 Å². The molecule has 10 heavy (non-hydrogen) atoms. The molecule has 0 atom stereocenters. The zero-order chi connectivity index (χ0) is 7.82. The topological polar surface area (TPSA) is 38.3 Å². The van der Waals surface area contributed by atoms with Gasteiger partial charge in [-0.15, -0.1) is 0 Å². The fraction of sp³-hybridized carbons (Fsp3) is 0.857. The van der Waals surface area contributed by atoms with Crippen LogP contribution in [-0.2, 0) is 9.53 Å². The van der Waals surface area contributed by atoms with Gasteiger partial charge in [0.15, 0.2) is 0 Å². The maximum atomic E-state index is 10.5. The van der Waals surface area contributed by atoms with Gasteiger partial charge in [-0.2, -0.15) is 0 Å². The van der Waals surface area contributed by atoms with Crippen LogP contribution in [0.25, 0.3) is 0 Å². The predicted molar refractivity (Wildman–Crippen MR) is 39.8 cm³/mol. The van der Waals surface area contributed by atoms with Crippen molar-refractivity contribution in [3.8, 4) is 0 Å². The quantitative estimate of drug-likeness (QED) is 0.453. The molecule has 0 aliphatic carbocycles. The van der Waals surface area contributed by atoms with Gasteiger partial charge in [-0.05, 0) is 13.0 Å². The summed E-state index contributed by atoms with van der Waals surface area (Å²) in [7, 11) is 1.39. The fourth-order valence-corrected chi connectivity index (χ4v) is 0.564. The molecule has 60 valence electrons. The third-order valence-electron chi connectivity index (χ3n) is 1.20. The Labute approximate surface area is 61.8 Å². The minimum absolute atomic E-state index is 0.198. The highest BCUT2D eigenvalue weighted by Crippen LogP contribution is 1.81. The van der Waals surface area contributed by atoms with E-state index in [9.17, 15) is 4.79 Å². The third-order valence-corrected chi connectivity index (χ3v) is 1.20. The smallest absolute Gasteiger partial charge is 0.319 e. The first-order valence-corrected chi connectivity index (χ1v) is 3.58. The van der Waals surface area contributed by atoms with Crippen LogP contribution in [0.3, 0.4) is 0 Å². The molecule has 0 rings (SSSR count). The summed E-state index contributed by atoms with van der Waals surface area (Å²) in [6, 6.07) is 0. The average Bonchev–Trinajstić information content (AvgIpc) is 1.98. The summed E-state index contributed by atoms with van der Waals surface area (Å²) in [5.41, 5.74) is 0. The summed E-state index contributed by atoms with van der Waals surface area (Å²) in [5, 5.41) is 2.96. The number of hydrogen-bond acceptors (Lipinski definition) is 3. The van der Waals surface area contributed by atoms with Gasteiger partial charge in [-0.3, -0.25) is 4.79 Å². The van der Waals surface area contributed by atoms with E-state index in [4.69, 9.17) is 0 Å². The van der Waals surface area contributed by atoms with Gasteiger partial charge in [0, 0.05) is 0 Å². The molecule has 3 nitrogen and oxygen atoms in total. The second kappa shape index (κ2) is 6.55. The Morgan fingerprint density at radius 2 is 2.30 bits per heavy atom. The van der Waals surface area contributed by atoms with Gasteiger partial charge in [0.2, 0.25) is 0 Å². The van der Waals surface area contributed by atoms with Crippen LogP contribution in [-0.4, -0.2) is 26.2 Å². The molecule has 0 saturated heterocycles. The van der Waals surface area contributed by atoms with Crippen LogP contribution >= 0.6 is 0 Å². The van der Waals surface area contributed by atoms with Crippen LogP contribution in [0.1, 0.15) is 19.8 Å². The Kier molecular flexibility index (Phi) is 6.18. The van der Waals surface area contributed by atoms with Gasteiger partial charge in [-0.1, -0.05) is 13.3 Å². The van der Waals surface area contributed by atoms with Crippen LogP contribution in [0.4, 0.5) is 0 Å². The van der Waals surface area contributed by atoms with Gasteiger partial charge in [0.1, 0.15) is 0 Å². The highest BCUT2D eigenvalue weighted by Gasteiger charge is 1.95. The molecule has 0 aromatic carbocycles. The minimum Gasteiger partial charge on any atom is -0.468 e. The minimum atomic E-state index is -0.198. The van der Waals surface area contributed by atoms with Gasteiger partial charge >= 0.3 is 5.97 Å². The number of unbranched alkanes of at least 4 members (excludes halogenated alkanes) is 1. The molecule has 3 heteroatoms. The number of hydrogen-bond donors (Lipinski definition) is 1. The molecule has 0 aromatic rings. The molecule has 0 aromatic heterocycles. The maximum Gasteiger partial charge on any atom is 0.319 e. The van der Waals surface area contributed by atoms with Gasteiger partial charge in [0.05, 0.1) is 13.7 Å². The van der Waals surface area contributed by atoms with Crippen molar-refractivity contribution in [1.29, 1.82) is 0 Å². The van der Waals surface area contributed by atoms with E-state index in [0.29, 0.717) is 6.54 Å². The van der Waals surface area contributed by atoms with Gasteiger partial charge in [-0.25, -0.2) is 0 Å². The van der Waals surface area contributed by atoms with E-state index in [0.717, 1.165) is 19.4 Å². The van der Waals surface area contributed by atoms with Crippen molar-refractivity contribution in [1.82, 2.24) is 5.32 Å². The lowest BCUT2D eigenvalue weighted by molar-refractivity contribution is -0.139. The van der Waals surface area contributed by atoms with Crippen LogP contribution in [0.2, 0.25) is 0 Å². The SMILES string of the molecule is CCCCNCC(=O)OC. The number of nitrogens with one attached hydrogen (secondary N) is 1. The van der Waals surface area contributed by atoms with Crippen molar-refractivity contribution in [3.63, 3.8) is 0 Å². The summed E-state index contributed by atoms with van der Waals surface area (Å²) in [6.45, 7) is 3.34. The van der Waals surface area contributed by atoms with E-state index in [1.807, 2.05) is 0 Å². The normalized spacial score (nSPS) is 9.40. The first-order chi connectivity index (χ1) is 4.81.